The van der Waals surface area contributed by atoms with Crippen LogP contribution in [-0.4, -0.2) is 16.8 Å². The zero-order valence-electron chi connectivity index (χ0n) is 10.9. The van der Waals surface area contributed by atoms with Crippen molar-refractivity contribution in [2.45, 2.75) is 18.8 Å². The Morgan fingerprint density at radius 3 is 2.05 bits per heavy atom. The van der Waals surface area contributed by atoms with E-state index < -0.39 is 11.9 Å². The summed E-state index contributed by atoms with van der Waals surface area (Å²) in [5.74, 6) is -1.74. The number of aliphatic hydroxyl groups excluding tert-OH is 1. The summed E-state index contributed by atoms with van der Waals surface area (Å²) in [6.07, 6.45) is -1.14. The third kappa shape index (κ3) is 2.84. The summed E-state index contributed by atoms with van der Waals surface area (Å²) in [7, 11) is 0. The topological polar surface area (TPSA) is 49.7 Å². The Balaban J connectivity index is 2.40. The molecule has 0 saturated carbocycles. The van der Waals surface area contributed by atoms with Crippen LogP contribution in [0.25, 0.3) is 0 Å². The molecule has 2 aromatic rings. The average molecular weight is 258 g/mol. The van der Waals surface area contributed by atoms with Crippen LogP contribution in [0, 0.1) is 0 Å². The molecule has 0 saturated heterocycles. The van der Waals surface area contributed by atoms with Crippen LogP contribution in [0.1, 0.15) is 24.2 Å². The van der Waals surface area contributed by atoms with E-state index in [0.29, 0.717) is 17.7 Å². The highest BCUT2D eigenvalue weighted by Gasteiger charge is 2.39. The number of benzene rings is 2. The molecule has 0 radical (unpaired) electrons. The van der Waals surface area contributed by atoms with Gasteiger partial charge in [-0.1, -0.05) is 60.7 Å². The number of aliphatic hydroxyl groups is 2. The Bertz CT molecular complexity index is 498. The van der Waals surface area contributed by atoms with Crippen molar-refractivity contribution in [1.29, 1.82) is 0 Å². The fourth-order valence-electron chi connectivity index (χ4n) is 2.08. The SMILES string of the molecule is CCOC(O)(c1ccccc1)C(O)c1ccccc1. The van der Waals surface area contributed by atoms with Crippen molar-refractivity contribution < 1.29 is 14.9 Å². The number of hydrogen-bond acceptors (Lipinski definition) is 3. The predicted molar refractivity (Wildman–Crippen MR) is 73.4 cm³/mol. The van der Waals surface area contributed by atoms with Crippen molar-refractivity contribution >= 4 is 0 Å². The van der Waals surface area contributed by atoms with Crippen LogP contribution < -0.4 is 0 Å². The monoisotopic (exact) mass is 258 g/mol. The molecule has 2 atom stereocenters. The normalized spacial score (nSPS) is 15.7. The molecule has 0 fully saturated rings. The molecule has 2 N–H and O–H groups in total. The molecule has 0 amide bonds. The van der Waals surface area contributed by atoms with Gasteiger partial charge in [0.05, 0.1) is 0 Å². The standard InChI is InChI=1S/C16H18O3/c1-2-19-16(18,14-11-7-4-8-12-14)15(17)13-9-5-3-6-10-13/h3-12,15,17-18H,2H2,1H3. The molecule has 0 aromatic heterocycles. The molecular weight excluding hydrogens is 240 g/mol. The first-order chi connectivity index (χ1) is 9.18. The first-order valence-electron chi connectivity index (χ1n) is 6.33. The van der Waals surface area contributed by atoms with Gasteiger partial charge in [0.25, 0.3) is 0 Å². The molecule has 2 aromatic carbocycles. The second-order valence-corrected chi connectivity index (χ2v) is 4.31. The number of hydrogen-bond donors (Lipinski definition) is 2. The summed E-state index contributed by atoms with van der Waals surface area (Å²) in [4.78, 5) is 0. The predicted octanol–water partition coefficient (Wildman–Crippen LogP) is 2.60. The van der Waals surface area contributed by atoms with Crippen LogP contribution in [0.5, 0.6) is 0 Å². The second kappa shape index (κ2) is 5.97. The van der Waals surface area contributed by atoms with E-state index in [1.165, 1.54) is 0 Å². The first-order valence-corrected chi connectivity index (χ1v) is 6.33. The number of rotatable bonds is 5. The van der Waals surface area contributed by atoms with Gasteiger partial charge in [0.1, 0.15) is 6.10 Å². The van der Waals surface area contributed by atoms with Gasteiger partial charge in [-0.05, 0) is 12.5 Å². The molecular formula is C16H18O3. The van der Waals surface area contributed by atoms with Crippen LogP contribution in [-0.2, 0) is 10.5 Å². The highest BCUT2D eigenvalue weighted by atomic mass is 16.6. The van der Waals surface area contributed by atoms with E-state index >= 15 is 0 Å². The van der Waals surface area contributed by atoms with Crippen molar-refractivity contribution in [2.75, 3.05) is 6.61 Å². The molecule has 0 aliphatic heterocycles. The van der Waals surface area contributed by atoms with Crippen LogP contribution in [0.15, 0.2) is 60.7 Å². The van der Waals surface area contributed by atoms with E-state index in [2.05, 4.69) is 0 Å². The lowest BCUT2D eigenvalue weighted by molar-refractivity contribution is -0.267. The highest BCUT2D eigenvalue weighted by Crippen LogP contribution is 2.36. The summed E-state index contributed by atoms with van der Waals surface area (Å²) in [6.45, 7) is 2.08. The zero-order valence-corrected chi connectivity index (χ0v) is 10.9. The van der Waals surface area contributed by atoms with Gasteiger partial charge in [-0.3, -0.25) is 0 Å². The average Bonchev–Trinajstić information content (AvgIpc) is 2.48. The Hall–Kier alpha value is -1.68. The van der Waals surface area contributed by atoms with Gasteiger partial charge in [0.15, 0.2) is 0 Å². The van der Waals surface area contributed by atoms with Crippen LogP contribution in [0.4, 0.5) is 0 Å². The minimum atomic E-state index is -1.74. The molecule has 0 bridgehead atoms. The van der Waals surface area contributed by atoms with E-state index in [1.807, 2.05) is 24.3 Å². The van der Waals surface area contributed by atoms with Gasteiger partial charge in [-0.15, -0.1) is 0 Å². The van der Waals surface area contributed by atoms with Crippen molar-refractivity contribution in [3.63, 3.8) is 0 Å². The van der Waals surface area contributed by atoms with Crippen molar-refractivity contribution in [3.8, 4) is 0 Å². The van der Waals surface area contributed by atoms with E-state index in [1.54, 1.807) is 43.3 Å². The smallest absolute Gasteiger partial charge is 0.223 e. The largest absolute Gasteiger partial charge is 0.382 e. The molecule has 2 rings (SSSR count). The van der Waals surface area contributed by atoms with Crippen molar-refractivity contribution in [3.05, 3.63) is 71.8 Å². The van der Waals surface area contributed by atoms with E-state index in [-0.39, 0.29) is 0 Å². The minimum absolute atomic E-state index is 0.301. The molecule has 0 aliphatic rings. The van der Waals surface area contributed by atoms with Crippen LogP contribution >= 0.6 is 0 Å². The molecule has 3 heteroatoms. The van der Waals surface area contributed by atoms with E-state index in [9.17, 15) is 10.2 Å². The third-order valence-electron chi connectivity index (χ3n) is 3.04. The van der Waals surface area contributed by atoms with Gasteiger partial charge in [-0.2, -0.15) is 0 Å². The second-order valence-electron chi connectivity index (χ2n) is 4.31. The fraction of sp³-hybridized carbons (Fsp3) is 0.250. The van der Waals surface area contributed by atoms with E-state index in [4.69, 9.17) is 4.74 Å². The lowest BCUT2D eigenvalue weighted by Gasteiger charge is -2.33. The highest BCUT2D eigenvalue weighted by molar-refractivity contribution is 5.27. The molecule has 0 aliphatic carbocycles. The number of ether oxygens (including phenoxy) is 1. The lowest BCUT2D eigenvalue weighted by atomic mass is 9.94. The molecule has 3 nitrogen and oxygen atoms in total. The Morgan fingerprint density at radius 1 is 1.00 bits per heavy atom. The summed E-state index contributed by atoms with van der Waals surface area (Å²) in [6, 6.07) is 17.9. The maximum absolute atomic E-state index is 10.7. The van der Waals surface area contributed by atoms with Crippen LogP contribution in [0.2, 0.25) is 0 Å². The Morgan fingerprint density at radius 2 is 1.53 bits per heavy atom. The van der Waals surface area contributed by atoms with Crippen molar-refractivity contribution in [2.24, 2.45) is 0 Å². The van der Waals surface area contributed by atoms with Crippen LogP contribution in [0.3, 0.4) is 0 Å². The quantitative estimate of drug-likeness (QED) is 0.810. The van der Waals surface area contributed by atoms with Crippen molar-refractivity contribution in [1.82, 2.24) is 0 Å². The maximum Gasteiger partial charge on any atom is 0.223 e. The summed E-state index contributed by atoms with van der Waals surface area (Å²) in [5, 5.41) is 21.2. The van der Waals surface area contributed by atoms with Gasteiger partial charge < -0.3 is 14.9 Å². The fourth-order valence-corrected chi connectivity index (χ4v) is 2.08. The van der Waals surface area contributed by atoms with Gasteiger partial charge in [0, 0.05) is 12.2 Å². The lowest BCUT2D eigenvalue weighted by Crippen LogP contribution is -2.36. The summed E-state index contributed by atoms with van der Waals surface area (Å²) >= 11 is 0. The maximum atomic E-state index is 10.7. The molecule has 0 spiro atoms. The Kier molecular flexibility index (Phi) is 4.32. The first kappa shape index (κ1) is 13.7. The van der Waals surface area contributed by atoms with Gasteiger partial charge >= 0.3 is 0 Å². The zero-order chi connectivity index (χ0) is 13.7. The Labute approximate surface area is 113 Å². The summed E-state index contributed by atoms with van der Waals surface area (Å²) < 4.78 is 5.44. The molecule has 2 unspecified atom stereocenters. The third-order valence-corrected chi connectivity index (χ3v) is 3.04. The van der Waals surface area contributed by atoms with Gasteiger partial charge in [-0.25, -0.2) is 0 Å². The summed E-state index contributed by atoms with van der Waals surface area (Å²) in [5.41, 5.74) is 1.15. The minimum Gasteiger partial charge on any atom is -0.382 e. The molecule has 0 heterocycles. The molecule has 100 valence electrons. The molecule has 19 heavy (non-hydrogen) atoms. The van der Waals surface area contributed by atoms with Gasteiger partial charge in [0.2, 0.25) is 5.79 Å². The van der Waals surface area contributed by atoms with E-state index in [0.717, 1.165) is 0 Å².